The molecule has 154 valence electrons. The molecule has 0 bridgehead atoms. The zero-order chi connectivity index (χ0) is 21.4. The van der Waals surface area contributed by atoms with Crippen LogP contribution in [0, 0.1) is 5.82 Å². The van der Waals surface area contributed by atoms with Crippen LogP contribution in [0.25, 0.3) is 5.69 Å². The third-order valence-corrected chi connectivity index (χ3v) is 5.96. The molecule has 1 aliphatic heterocycles. The van der Waals surface area contributed by atoms with E-state index in [1.165, 1.54) is 6.07 Å². The van der Waals surface area contributed by atoms with Crippen molar-refractivity contribution in [2.24, 2.45) is 0 Å². The van der Waals surface area contributed by atoms with Crippen LogP contribution < -0.4 is 10.2 Å². The zero-order valence-electron chi connectivity index (χ0n) is 16.3. The van der Waals surface area contributed by atoms with Gasteiger partial charge in [-0.3, -0.25) is 4.98 Å². The molecule has 0 unspecified atom stereocenters. The Morgan fingerprint density at radius 1 is 0.935 bits per heavy atom. The normalized spacial score (nSPS) is 18.3. The van der Waals surface area contributed by atoms with Crippen LogP contribution in [0.4, 0.5) is 10.1 Å². The van der Waals surface area contributed by atoms with Crippen LogP contribution >= 0.6 is 23.8 Å². The van der Waals surface area contributed by atoms with E-state index in [4.69, 9.17) is 23.8 Å². The maximum absolute atomic E-state index is 14.7. The quantitative estimate of drug-likeness (QED) is 0.397. The minimum Gasteiger partial charge on any atom is -0.351 e. The summed E-state index contributed by atoms with van der Waals surface area (Å²) in [6.07, 6.45) is 3.63. The van der Waals surface area contributed by atoms with Crippen molar-refractivity contribution in [1.82, 2.24) is 14.9 Å². The Balaban J connectivity index is 1.68. The topological polar surface area (TPSA) is 33.1 Å². The van der Waals surface area contributed by atoms with E-state index in [1.54, 1.807) is 18.3 Å². The molecular weight excluding hydrogens is 431 g/mol. The standard InChI is InChI=1S/C24H18ClFN4S/c25-16-10-12-17(13-11-16)30-23(22(28-24(30)31)19-7-3-4-14-27-19)21-9-5-15-29(21)20-8-2-1-6-18(20)26/h1-15,22-23H,(H,28,31)/t22-,23+/m1/s1. The lowest BCUT2D eigenvalue weighted by molar-refractivity contribution is 0.544. The van der Waals surface area contributed by atoms with Gasteiger partial charge in [0, 0.05) is 28.8 Å². The van der Waals surface area contributed by atoms with Gasteiger partial charge in [-0.25, -0.2) is 4.39 Å². The number of rotatable bonds is 4. The SMILES string of the molecule is Fc1ccccc1-n1cccc1[C@H]1[C@@H](c2ccccn2)NC(=S)N1c1ccc(Cl)cc1. The summed E-state index contributed by atoms with van der Waals surface area (Å²) in [5, 5.41) is 4.64. The lowest BCUT2D eigenvalue weighted by Gasteiger charge is -2.29. The van der Waals surface area contributed by atoms with Crippen LogP contribution in [0.3, 0.4) is 0 Å². The van der Waals surface area contributed by atoms with Crippen molar-refractivity contribution in [3.05, 3.63) is 113 Å². The Kier molecular flexibility index (Phi) is 5.18. The van der Waals surface area contributed by atoms with Crippen LogP contribution in [-0.2, 0) is 0 Å². The third kappa shape index (κ3) is 3.58. The molecule has 31 heavy (non-hydrogen) atoms. The highest BCUT2D eigenvalue weighted by Crippen LogP contribution is 2.42. The minimum absolute atomic E-state index is 0.218. The Hall–Kier alpha value is -3.22. The van der Waals surface area contributed by atoms with E-state index in [0.717, 1.165) is 17.1 Å². The predicted molar refractivity (Wildman–Crippen MR) is 125 cm³/mol. The molecule has 0 radical (unpaired) electrons. The molecule has 2 aromatic heterocycles. The number of nitrogens with zero attached hydrogens (tertiary/aromatic N) is 3. The fourth-order valence-corrected chi connectivity index (χ4v) is 4.51. The molecule has 5 rings (SSSR count). The van der Waals surface area contributed by atoms with Crippen LogP contribution in [0.2, 0.25) is 5.02 Å². The third-order valence-electron chi connectivity index (χ3n) is 5.40. The second kappa shape index (κ2) is 8.13. The van der Waals surface area contributed by atoms with Crippen LogP contribution in [-0.4, -0.2) is 14.7 Å². The molecule has 0 aliphatic carbocycles. The first-order valence-corrected chi connectivity index (χ1v) is 10.6. The maximum Gasteiger partial charge on any atom is 0.174 e. The van der Waals surface area contributed by atoms with E-state index in [0.29, 0.717) is 15.8 Å². The molecule has 3 heterocycles. The molecule has 0 spiro atoms. The number of hydrogen-bond donors (Lipinski definition) is 1. The second-order valence-corrected chi connectivity index (χ2v) is 8.05. The van der Waals surface area contributed by atoms with Gasteiger partial charge in [-0.15, -0.1) is 0 Å². The van der Waals surface area contributed by atoms with Gasteiger partial charge in [0.05, 0.1) is 17.4 Å². The zero-order valence-corrected chi connectivity index (χ0v) is 17.9. The van der Waals surface area contributed by atoms with Crippen molar-refractivity contribution in [3.63, 3.8) is 0 Å². The van der Waals surface area contributed by atoms with Crippen molar-refractivity contribution in [2.45, 2.75) is 12.1 Å². The molecule has 7 heteroatoms. The van der Waals surface area contributed by atoms with Gasteiger partial charge < -0.3 is 14.8 Å². The van der Waals surface area contributed by atoms with Gasteiger partial charge in [0.2, 0.25) is 0 Å². The van der Waals surface area contributed by atoms with Gasteiger partial charge in [0.25, 0.3) is 0 Å². The number of pyridine rings is 1. The van der Waals surface area contributed by atoms with E-state index in [2.05, 4.69) is 10.3 Å². The average Bonchev–Trinajstić information content (AvgIpc) is 3.39. The Morgan fingerprint density at radius 2 is 1.71 bits per heavy atom. The first-order chi connectivity index (χ1) is 15.1. The number of nitrogens with one attached hydrogen (secondary N) is 1. The van der Waals surface area contributed by atoms with Gasteiger partial charge in [-0.2, -0.15) is 0 Å². The van der Waals surface area contributed by atoms with Gasteiger partial charge in [-0.05, 0) is 72.9 Å². The van der Waals surface area contributed by atoms with E-state index in [9.17, 15) is 4.39 Å². The summed E-state index contributed by atoms with van der Waals surface area (Å²) in [5.41, 5.74) is 3.12. The van der Waals surface area contributed by atoms with Gasteiger partial charge in [0.1, 0.15) is 11.9 Å². The van der Waals surface area contributed by atoms with Crippen molar-refractivity contribution < 1.29 is 4.39 Å². The minimum atomic E-state index is -0.291. The van der Waals surface area contributed by atoms with Crippen molar-refractivity contribution in [2.75, 3.05) is 4.90 Å². The molecule has 4 nitrogen and oxygen atoms in total. The monoisotopic (exact) mass is 448 g/mol. The molecular formula is C24H18ClFN4S. The van der Waals surface area contributed by atoms with Crippen molar-refractivity contribution >= 4 is 34.6 Å². The lowest BCUT2D eigenvalue weighted by Crippen LogP contribution is -2.30. The van der Waals surface area contributed by atoms with Crippen LogP contribution in [0.5, 0.6) is 0 Å². The largest absolute Gasteiger partial charge is 0.351 e. The van der Waals surface area contributed by atoms with Crippen LogP contribution in [0.15, 0.2) is 91.3 Å². The van der Waals surface area contributed by atoms with Crippen LogP contribution in [0.1, 0.15) is 23.5 Å². The number of anilines is 1. The van der Waals surface area contributed by atoms with Gasteiger partial charge >= 0.3 is 0 Å². The number of aromatic nitrogens is 2. The second-order valence-electron chi connectivity index (χ2n) is 7.23. The summed E-state index contributed by atoms with van der Waals surface area (Å²) in [6.45, 7) is 0. The first-order valence-electron chi connectivity index (χ1n) is 9.82. The summed E-state index contributed by atoms with van der Waals surface area (Å²) in [5.74, 6) is -0.291. The fourth-order valence-electron chi connectivity index (χ4n) is 4.04. The summed E-state index contributed by atoms with van der Waals surface area (Å²) >= 11 is 11.9. The fraction of sp³-hybridized carbons (Fsp3) is 0.0833. The van der Waals surface area contributed by atoms with E-state index in [-0.39, 0.29) is 17.9 Å². The predicted octanol–water partition coefficient (Wildman–Crippen LogP) is 5.84. The molecule has 2 aromatic carbocycles. The first kappa shape index (κ1) is 19.7. The molecule has 0 amide bonds. The molecule has 4 aromatic rings. The molecule has 1 saturated heterocycles. The lowest BCUT2D eigenvalue weighted by atomic mass is 10.0. The Morgan fingerprint density at radius 3 is 2.45 bits per heavy atom. The Bertz CT molecular complexity index is 1230. The molecule has 1 fully saturated rings. The number of para-hydroxylation sites is 1. The number of thiocarbonyl (C=S) groups is 1. The molecule has 0 saturated carbocycles. The summed E-state index contributed by atoms with van der Waals surface area (Å²) in [4.78, 5) is 6.60. The smallest absolute Gasteiger partial charge is 0.174 e. The van der Waals surface area contributed by atoms with Crippen molar-refractivity contribution in [1.29, 1.82) is 0 Å². The summed E-state index contributed by atoms with van der Waals surface area (Å²) in [7, 11) is 0. The molecule has 2 atom stereocenters. The highest BCUT2D eigenvalue weighted by atomic mass is 35.5. The van der Waals surface area contributed by atoms with E-state index >= 15 is 0 Å². The number of benzene rings is 2. The highest BCUT2D eigenvalue weighted by Gasteiger charge is 2.42. The van der Waals surface area contributed by atoms with Crippen molar-refractivity contribution in [3.8, 4) is 5.69 Å². The molecule has 1 N–H and O–H groups in total. The maximum atomic E-state index is 14.7. The average molecular weight is 449 g/mol. The molecule has 1 aliphatic rings. The number of hydrogen-bond acceptors (Lipinski definition) is 2. The van der Waals surface area contributed by atoms with Gasteiger partial charge in [0.15, 0.2) is 5.11 Å². The summed E-state index contributed by atoms with van der Waals surface area (Å²) in [6, 6.07) is 23.5. The highest BCUT2D eigenvalue weighted by molar-refractivity contribution is 7.80. The number of halogens is 2. The Labute approximate surface area is 189 Å². The van der Waals surface area contributed by atoms with Gasteiger partial charge in [-0.1, -0.05) is 29.8 Å². The van der Waals surface area contributed by atoms with E-state index < -0.39 is 0 Å². The van der Waals surface area contributed by atoms with E-state index in [1.807, 2.05) is 76.3 Å². The summed E-state index contributed by atoms with van der Waals surface area (Å²) < 4.78 is 16.5.